The second-order valence-corrected chi connectivity index (χ2v) is 5.39. The van der Waals surface area contributed by atoms with Gasteiger partial charge in [0.05, 0.1) is 25.4 Å². The summed E-state index contributed by atoms with van der Waals surface area (Å²) < 4.78 is 10.6. The SMILES string of the molecule is CCCc1noc(CCC(=O)N2CC(CO)OCC2C)n1. The maximum atomic E-state index is 12.3. The number of carbonyl (C=O) groups is 1. The van der Waals surface area contributed by atoms with Crippen molar-refractivity contribution in [2.45, 2.75) is 51.7 Å². The third kappa shape index (κ3) is 4.25. The van der Waals surface area contributed by atoms with Gasteiger partial charge in [0.25, 0.3) is 0 Å². The summed E-state index contributed by atoms with van der Waals surface area (Å²) in [5.74, 6) is 1.23. The van der Waals surface area contributed by atoms with Gasteiger partial charge < -0.3 is 19.3 Å². The highest BCUT2D eigenvalue weighted by atomic mass is 16.5. The van der Waals surface area contributed by atoms with Crippen molar-refractivity contribution < 1.29 is 19.2 Å². The van der Waals surface area contributed by atoms with Crippen molar-refractivity contribution in [1.29, 1.82) is 0 Å². The molecular weight excluding hydrogens is 274 g/mol. The zero-order valence-electron chi connectivity index (χ0n) is 12.6. The zero-order valence-corrected chi connectivity index (χ0v) is 12.6. The molecule has 0 aliphatic carbocycles. The van der Waals surface area contributed by atoms with Crippen LogP contribution in [-0.4, -0.2) is 58.0 Å². The molecule has 0 saturated carbocycles. The van der Waals surface area contributed by atoms with Crippen LogP contribution in [0.1, 0.15) is 38.4 Å². The molecule has 1 aliphatic heterocycles. The summed E-state index contributed by atoms with van der Waals surface area (Å²) in [7, 11) is 0. The first-order chi connectivity index (χ1) is 10.1. The summed E-state index contributed by atoms with van der Waals surface area (Å²) in [5.41, 5.74) is 0. The molecule has 1 N–H and O–H groups in total. The summed E-state index contributed by atoms with van der Waals surface area (Å²) in [6, 6.07) is 0.0265. The van der Waals surface area contributed by atoms with Crippen LogP contribution < -0.4 is 0 Å². The number of aromatic nitrogens is 2. The number of amides is 1. The lowest BCUT2D eigenvalue weighted by Crippen LogP contribution is -2.52. The predicted octanol–water partition coefficient (Wildman–Crippen LogP) is 0.563. The van der Waals surface area contributed by atoms with Crippen LogP contribution >= 0.6 is 0 Å². The Balaban J connectivity index is 1.85. The standard InChI is InChI=1S/C14H23N3O4/c1-3-4-12-15-13(21-16-12)5-6-14(19)17-7-11(8-18)20-9-10(17)2/h10-11,18H,3-9H2,1-2H3. The first kappa shape index (κ1) is 15.9. The lowest BCUT2D eigenvalue weighted by atomic mass is 10.1. The fourth-order valence-corrected chi connectivity index (χ4v) is 2.35. The highest BCUT2D eigenvalue weighted by Crippen LogP contribution is 2.14. The first-order valence-corrected chi connectivity index (χ1v) is 7.47. The average Bonchev–Trinajstić information content (AvgIpc) is 2.93. The fraction of sp³-hybridized carbons (Fsp3) is 0.786. The number of aliphatic hydroxyl groups is 1. The minimum absolute atomic E-state index is 0.0265. The molecule has 2 heterocycles. The number of hydrogen-bond donors (Lipinski definition) is 1. The number of aryl methyl sites for hydroxylation is 2. The third-order valence-corrected chi connectivity index (χ3v) is 3.57. The molecule has 1 amide bonds. The molecule has 21 heavy (non-hydrogen) atoms. The second-order valence-electron chi connectivity index (χ2n) is 5.39. The molecule has 7 heteroatoms. The Morgan fingerprint density at radius 1 is 1.48 bits per heavy atom. The number of carbonyl (C=O) groups excluding carboxylic acids is 1. The lowest BCUT2D eigenvalue weighted by Gasteiger charge is -2.37. The largest absolute Gasteiger partial charge is 0.394 e. The van der Waals surface area contributed by atoms with Crippen LogP contribution in [0, 0.1) is 0 Å². The van der Waals surface area contributed by atoms with Gasteiger partial charge in [0, 0.05) is 25.8 Å². The van der Waals surface area contributed by atoms with Crippen molar-refractivity contribution in [2.75, 3.05) is 19.8 Å². The Bertz CT molecular complexity index is 463. The topological polar surface area (TPSA) is 88.7 Å². The van der Waals surface area contributed by atoms with Gasteiger partial charge in [0.1, 0.15) is 0 Å². The van der Waals surface area contributed by atoms with E-state index in [1.54, 1.807) is 4.90 Å². The van der Waals surface area contributed by atoms with Gasteiger partial charge in [-0.1, -0.05) is 12.1 Å². The molecule has 1 aromatic heterocycles. The zero-order chi connectivity index (χ0) is 15.2. The average molecular weight is 297 g/mol. The number of rotatable bonds is 6. The van der Waals surface area contributed by atoms with E-state index in [0.29, 0.717) is 37.7 Å². The van der Waals surface area contributed by atoms with E-state index in [1.165, 1.54) is 0 Å². The van der Waals surface area contributed by atoms with E-state index in [1.807, 2.05) is 6.92 Å². The van der Waals surface area contributed by atoms with Crippen LogP contribution in [0.25, 0.3) is 0 Å². The number of aliphatic hydroxyl groups excluding tert-OH is 1. The Kier molecular flexibility index (Phi) is 5.69. The predicted molar refractivity (Wildman–Crippen MR) is 74.6 cm³/mol. The summed E-state index contributed by atoms with van der Waals surface area (Å²) in [6.07, 6.45) is 2.24. The Morgan fingerprint density at radius 2 is 2.29 bits per heavy atom. The van der Waals surface area contributed by atoms with E-state index < -0.39 is 0 Å². The normalized spacial score (nSPS) is 22.5. The van der Waals surface area contributed by atoms with Crippen molar-refractivity contribution in [3.8, 4) is 0 Å². The highest BCUT2D eigenvalue weighted by Gasteiger charge is 2.29. The van der Waals surface area contributed by atoms with E-state index in [0.717, 1.165) is 12.8 Å². The monoisotopic (exact) mass is 297 g/mol. The molecule has 2 rings (SSSR count). The van der Waals surface area contributed by atoms with Crippen LogP contribution in [0.2, 0.25) is 0 Å². The van der Waals surface area contributed by atoms with Gasteiger partial charge in [0.2, 0.25) is 11.8 Å². The Labute approximate surface area is 124 Å². The summed E-state index contributed by atoms with van der Waals surface area (Å²) in [6.45, 7) is 4.81. The lowest BCUT2D eigenvalue weighted by molar-refractivity contribution is -0.146. The Hall–Kier alpha value is -1.47. The quantitative estimate of drug-likeness (QED) is 0.825. The third-order valence-electron chi connectivity index (χ3n) is 3.57. The van der Waals surface area contributed by atoms with E-state index >= 15 is 0 Å². The van der Waals surface area contributed by atoms with Gasteiger partial charge >= 0.3 is 0 Å². The van der Waals surface area contributed by atoms with Crippen LogP contribution in [0.4, 0.5) is 0 Å². The molecule has 1 aromatic rings. The van der Waals surface area contributed by atoms with Crippen LogP contribution in [0.15, 0.2) is 4.52 Å². The molecule has 1 saturated heterocycles. The molecule has 7 nitrogen and oxygen atoms in total. The van der Waals surface area contributed by atoms with E-state index in [-0.39, 0.29) is 24.7 Å². The fourth-order valence-electron chi connectivity index (χ4n) is 2.35. The highest BCUT2D eigenvalue weighted by molar-refractivity contribution is 5.76. The van der Waals surface area contributed by atoms with E-state index in [9.17, 15) is 4.79 Å². The molecule has 2 unspecified atom stereocenters. The molecule has 1 fully saturated rings. The number of hydrogen-bond acceptors (Lipinski definition) is 6. The summed E-state index contributed by atoms with van der Waals surface area (Å²) >= 11 is 0. The number of ether oxygens (including phenoxy) is 1. The molecule has 118 valence electrons. The molecule has 2 atom stereocenters. The van der Waals surface area contributed by atoms with Crippen molar-refractivity contribution in [1.82, 2.24) is 15.0 Å². The number of morpholine rings is 1. The summed E-state index contributed by atoms with van der Waals surface area (Å²) in [4.78, 5) is 18.3. The van der Waals surface area contributed by atoms with Crippen molar-refractivity contribution in [2.24, 2.45) is 0 Å². The van der Waals surface area contributed by atoms with Crippen LogP contribution in [0.3, 0.4) is 0 Å². The second kappa shape index (κ2) is 7.51. The van der Waals surface area contributed by atoms with E-state index in [2.05, 4.69) is 17.1 Å². The molecule has 0 bridgehead atoms. The van der Waals surface area contributed by atoms with Gasteiger partial charge in [0.15, 0.2) is 5.82 Å². The minimum Gasteiger partial charge on any atom is -0.394 e. The van der Waals surface area contributed by atoms with Crippen LogP contribution in [-0.2, 0) is 22.4 Å². The maximum Gasteiger partial charge on any atom is 0.227 e. The molecule has 0 aromatic carbocycles. The smallest absolute Gasteiger partial charge is 0.227 e. The van der Waals surface area contributed by atoms with E-state index in [4.69, 9.17) is 14.4 Å². The minimum atomic E-state index is -0.287. The van der Waals surface area contributed by atoms with Gasteiger partial charge in [-0.05, 0) is 13.3 Å². The van der Waals surface area contributed by atoms with Crippen molar-refractivity contribution in [3.63, 3.8) is 0 Å². The summed E-state index contributed by atoms with van der Waals surface area (Å²) in [5, 5.41) is 13.0. The molecule has 1 aliphatic rings. The van der Waals surface area contributed by atoms with Crippen molar-refractivity contribution >= 4 is 5.91 Å². The van der Waals surface area contributed by atoms with Gasteiger partial charge in [-0.25, -0.2) is 0 Å². The van der Waals surface area contributed by atoms with Gasteiger partial charge in [-0.3, -0.25) is 4.79 Å². The Morgan fingerprint density at radius 3 is 3.00 bits per heavy atom. The van der Waals surface area contributed by atoms with Gasteiger partial charge in [-0.15, -0.1) is 0 Å². The van der Waals surface area contributed by atoms with Crippen molar-refractivity contribution in [3.05, 3.63) is 11.7 Å². The molecule has 0 spiro atoms. The van der Waals surface area contributed by atoms with Gasteiger partial charge in [-0.2, -0.15) is 4.98 Å². The van der Waals surface area contributed by atoms with Crippen LogP contribution in [0.5, 0.6) is 0 Å². The first-order valence-electron chi connectivity index (χ1n) is 7.47. The maximum absolute atomic E-state index is 12.3. The molecule has 0 radical (unpaired) electrons. The number of nitrogens with zero attached hydrogens (tertiary/aromatic N) is 3. The molecular formula is C14H23N3O4.